The number of methoxy groups -OCH3 is 1. The fourth-order valence-electron chi connectivity index (χ4n) is 1.53. The van der Waals surface area contributed by atoms with E-state index in [0.29, 0.717) is 17.3 Å². The lowest BCUT2D eigenvalue weighted by atomic mass is 10.1. The Morgan fingerprint density at radius 1 is 1.59 bits per heavy atom. The molecule has 0 saturated heterocycles. The van der Waals surface area contributed by atoms with Crippen molar-refractivity contribution < 1.29 is 9.53 Å². The van der Waals surface area contributed by atoms with Crippen LogP contribution in [-0.4, -0.2) is 30.6 Å². The van der Waals surface area contributed by atoms with Crippen LogP contribution >= 0.6 is 11.6 Å². The van der Waals surface area contributed by atoms with Crippen LogP contribution in [0, 0.1) is 0 Å². The Labute approximate surface area is 106 Å². The largest absolute Gasteiger partial charge is 0.383 e. The third kappa shape index (κ3) is 4.71. The molecule has 0 aromatic carbocycles. The van der Waals surface area contributed by atoms with Gasteiger partial charge in [-0.2, -0.15) is 0 Å². The fraction of sp³-hybridized carbons (Fsp3) is 0.500. The number of hydrogen-bond donors (Lipinski definition) is 1. The SMILES string of the molecule is CCCC(COC)NC(=O)c1ccc(Cl)nc1. The molecule has 1 aromatic heterocycles. The highest BCUT2D eigenvalue weighted by Gasteiger charge is 2.12. The molecule has 0 aliphatic heterocycles. The molecule has 1 heterocycles. The third-order valence-corrected chi connectivity index (χ3v) is 2.55. The molecule has 0 bridgehead atoms. The fourth-order valence-corrected chi connectivity index (χ4v) is 1.64. The molecule has 0 aliphatic rings. The molecule has 0 fully saturated rings. The lowest BCUT2D eigenvalue weighted by molar-refractivity contribution is 0.0891. The number of aromatic nitrogens is 1. The van der Waals surface area contributed by atoms with Crippen molar-refractivity contribution in [2.45, 2.75) is 25.8 Å². The number of rotatable bonds is 6. The van der Waals surface area contributed by atoms with E-state index in [4.69, 9.17) is 16.3 Å². The van der Waals surface area contributed by atoms with Gasteiger partial charge in [-0.1, -0.05) is 24.9 Å². The summed E-state index contributed by atoms with van der Waals surface area (Å²) in [4.78, 5) is 15.7. The number of pyridine rings is 1. The highest BCUT2D eigenvalue weighted by atomic mass is 35.5. The van der Waals surface area contributed by atoms with Gasteiger partial charge >= 0.3 is 0 Å². The van der Waals surface area contributed by atoms with E-state index in [2.05, 4.69) is 17.2 Å². The standard InChI is InChI=1S/C12H17ClN2O2/c1-3-4-10(8-17-2)15-12(16)9-5-6-11(13)14-7-9/h5-7,10H,3-4,8H2,1-2H3,(H,15,16). The van der Waals surface area contributed by atoms with Gasteiger partial charge in [0.2, 0.25) is 0 Å². The minimum absolute atomic E-state index is 0.0354. The van der Waals surface area contributed by atoms with Crippen molar-refractivity contribution in [1.82, 2.24) is 10.3 Å². The summed E-state index contributed by atoms with van der Waals surface area (Å²) in [5.74, 6) is -0.148. The monoisotopic (exact) mass is 256 g/mol. The van der Waals surface area contributed by atoms with Gasteiger partial charge in [0.15, 0.2) is 0 Å². The number of amides is 1. The molecule has 1 atom stereocenters. The van der Waals surface area contributed by atoms with Crippen molar-refractivity contribution in [3.63, 3.8) is 0 Å². The van der Waals surface area contributed by atoms with E-state index in [1.807, 2.05) is 0 Å². The van der Waals surface area contributed by atoms with Crippen LogP contribution in [0.25, 0.3) is 0 Å². The molecular formula is C12H17ClN2O2. The Morgan fingerprint density at radius 3 is 2.88 bits per heavy atom. The predicted molar refractivity (Wildman–Crippen MR) is 67.3 cm³/mol. The van der Waals surface area contributed by atoms with Gasteiger partial charge in [0.05, 0.1) is 18.2 Å². The Bertz CT molecular complexity index is 348. The molecule has 1 aromatic rings. The molecule has 4 nitrogen and oxygen atoms in total. The number of nitrogens with zero attached hydrogens (tertiary/aromatic N) is 1. The van der Waals surface area contributed by atoms with Crippen molar-refractivity contribution in [3.05, 3.63) is 29.0 Å². The van der Waals surface area contributed by atoms with E-state index in [1.165, 1.54) is 6.20 Å². The molecule has 94 valence electrons. The summed E-state index contributed by atoms with van der Waals surface area (Å²) in [5, 5.41) is 3.29. The van der Waals surface area contributed by atoms with Crippen LogP contribution in [0.3, 0.4) is 0 Å². The highest BCUT2D eigenvalue weighted by Crippen LogP contribution is 2.06. The van der Waals surface area contributed by atoms with Gasteiger partial charge in [-0.3, -0.25) is 4.79 Å². The minimum Gasteiger partial charge on any atom is -0.383 e. The number of carbonyl (C=O) groups is 1. The van der Waals surface area contributed by atoms with Crippen LogP contribution < -0.4 is 5.32 Å². The second-order valence-electron chi connectivity index (χ2n) is 3.78. The van der Waals surface area contributed by atoms with Gasteiger partial charge in [-0.15, -0.1) is 0 Å². The van der Waals surface area contributed by atoms with E-state index < -0.39 is 0 Å². The summed E-state index contributed by atoms with van der Waals surface area (Å²) in [7, 11) is 1.62. The summed E-state index contributed by atoms with van der Waals surface area (Å²) in [6.45, 7) is 2.58. The summed E-state index contributed by atoms with van der Waals surface area (Å²) < 4.78 is 5.06. The van der Waals surface area contributed by atoms with E-state index in [-0.39, 0.29) is 11.9 Å². The van der Waals surface area contributed by atoms with Crippen molar-refractivity contribution in [2.24, 2.45) is 0 Å². The maximum atomic E-state index is 11.9. The topological polar surface area (TPSA) is 51.2 Å². The maximum Gasteiger partial charge on any atom is 0.253 e. The second kappa shape index (κ2) is 7.25. The van der Waals surface area contributed by atoms with Crippen LogP contribution in [-0.2, 0) is 4.74 Å². The van der Waals surface area contributed by atoms with Gasteiger partial charge in [-0.05, 0) is 18.6 Å². The van der Waals surface area contributed by atoms with Crippen LogP contribution in [0.4, 0.5) is 0 Å². The highest BCUT2D eigenvalue weighted by molar-refractivity contribution is 6.29. The van der Waals surface area contributed by atoms with Crippen molar-refractivity contribution in [2.75, 3.05) is 13.7 Å². The molecule has 0 aliphatic carbocycles. The summed E-state index contributed by atoms with van der Waals surface area (Å²) >= 11 is 5.66. The maximum absolute atomic E-state index is 11.9. The van der Waals surface area contributed by atoms with Crippen LogP contribution in [0.15, 0.2) is 18.3 Å². The summed E-state index contributed by atoms with van der Waals surface area (Å²) in [5.41, 5.74) is 0.506. The summed E-state index contributed by atoms with van der Waals surface area (Å²) in [6.07, 6.45) is 3.35. The van der Waals surface area contributed by atoms with Crippen molar-refractivity contribution >= 4 is 17.5 Å². The molecule has 0 spiro atoms. The molecule has 0 radical (unpaired) electrons. The van der Waals surface area contributed by atoms with Crippen LogP contribution in [0.5, 0.6) is 0 Å². The van der Waals surface area contributed by atoms with Gasteiger partial charge in [-0.25, -0.2) is 4.98 Å². The Hall–Kier alpha value is -1.13. The smallest absolute Gasteiger partial charge is 0.253 e. The second-order valence-corrected chi connectivity index (χ2v) is 4.17. The van der Waals surface area contributed by atoms with Crippen LogP contribution in [0.1, 0.15) is 30.1 Å². The molecule has 0 saturated carbocycles. The van der Waals surface area contributed by atoms with Gasteiger partial charge in [0.1, 0.15) is 5.15 Å². The zero-order valence-corrected chi connectivity index (χ0v) is 10.8. The molecule has 17 heavy (non-hydrogen) atoms. The van der Waals surface area contributed by atoms with E-state index in [9.17, 15) is 4.79 Å². The Morgan fingerprint density at radius 2 is 2.35 bits per heavy atom. The quantitative estimate of drug-likeness (QED) is 0.795. The zero-order valence-electron chi connectivity index (χ0n) is 10.1. The van der Waals surface area contributed by atoms with Crippen molar-refractivity contribution in [3.8, 4) is 0 Å². The number of hydrogen-bond acceptors (Lipinski definition) is 3. The third-order valence-electron chi connectivity index (χ3n) is 2.33. The average Bonchev–Trinajstić information content (AvgIpc) is 2.30. The first kappa shape index (κ1) is 13.9. The number of carbonyl (C=O) groups excluding carboxylic acids is 1. The normalized spacial score (nSPS) is 12.2. The first-order valence-corrected chi connectivity index (χ1v) is 5.96. The van der Waals surface area contributed by atoms with E-state index in [0.717, 1.165) is 12.8 Å². The first-order valence-electron chi connectivity index (χ1n) is 5.58. The van der Waals surface area contributed by atoms with Crippen LogP contribution in [0.2, 0.25) is 5.15 Å². The van der Waals surface area contributed by atoms with Crippen molar-refractivity contribution in [1.29, 1.82) is 0 Å². The molecular weight excluding hydrogens is 240 g/mol. The van der Waals surface area contributed by atoms with Gasteiger partial charge in [0, 0.05) is 13.3 Å². The lowest BCUT2D eigenvalue weighted by Gasteiger charge is -2.16. The average molecular weight is 257 g/mol. The Balaban J connectivity index is 2.60. The predicted octanol–water partition coefficient (Wildman–Crippen LogP) is 2.28. The first-order chi connectivity index (χ1) is 8.17. The zero-order chi connectivity index (χ0) is 12.7. The lowest BCUT2D eigenvalue weighted by Crippen LogP contribution is -2.37. The molecule has 1 N–H and O–H groups in total. The molecule has 1 unspecified atom stereocenters. The van der Waals surface area contributed by atoms with E-state index in [1.54, 1.807) is 19.2 Å². The Kier molecular flexibility index (Phi) is 5.94. The molecule has 1 amide bonds. The molecule has 5 heteroatoms. The van der Waals surface area contributed by atoms with Gasteiger partial charge < -0.3 is 10.1 Å². The summed E-state index contributed by atoms with van der Waals surface area (Å²) in [6, 6.07) is 3.29. The van der Waals surface area contributed by atoms with Gasteiger partial charge in [0.25, 0.3) is 5.91 Å². The van der Waals surface area contributed by atoms with E-state index >= 15 is 0 Å². The minimum atomic E-state index is -0.148. The molecule has 1 rings (SSSR count). The number of nitrogens with one attached hydrogen (secondary N) is 1. The number of halogens is 1. The number of ether oxygens (including phenoxy) is 1.